The molecule has 0 radical (unpaired) electrons. The fourth-order valence-electron chi connectivity index (χ4n) is 3.76. The Kier molecular flexibility index (Phi) is 5.89. The van der Waals surface area contributed by atoms with Gasteiger partial charge < -0.3 is 14.2 Å². The van der Waals surface area contributed by atoms with Crippen LogP contribution in [0.1, 0.15) is 24.2 Å². The van der Waals surface area contributed by atoms with Crippen LogP contribution in [0.5, 0.6) is 5.75 Å². The van der Waals surface area contributed by atoms with E-state index in [9.17, 15) is 4.79 Å². The zero-order chi connectivity index (χ0) is 20.1. The Hall–Kier alpha value is -3.15. The fraction of sp³-hybridized carbons (Fsp3) is 0.348. The first-order valence-corrected chi connectivity index (χ1v) is 10.00. The van der Waals surface area contributed by atoms with Crippen LogP contribution in [-0.2, 0) is 17.6 Å². The van der Waals surface area contributed by atoms with E-state index in [4.69, 9.17) is 9.26 Å². The predicted octanol–water partition coefficient (Wildman–Crippen LogP) is 3.77. The first-order valence-electron chi connectivity index (χ1n) is 10.00. The second-order valence-corrected chi connectivity index (χ2v) is 7.43. The summed E-state index contributed by atoms with van der Waals surface area (Å²) in [5.41, 5.74) is 2.04. The van der Waals surface area contributed by atoms with Crippen LogP contribution in [0.3, 0.4) is 0 Å². The molecule has 2 heterocycles. The Balaban J connectivity index is 1.28. The molecule has 0 bridgehead atoms. The van der Waals surface area contributed by atoms with Crippen molar-refractivity contribution < 1.29 is 14.1 Å². The maximum atomic E-state index is 12.6. The average molecular weight is 391 g/mol. The Morgan fingerprint density at radius 1 is 1.21 bits per heavy atom. The van der Waals surface area contributed by atoms with Gasteiger partial charge in [-0.15, -0.1) is 0 Å². The average Bonchev–Trinajstić information content (AvgIpc) is 3.43. The maximum Gasteiger partial charge on any atom is 0.257 e. The molecule has 1 aliphatic heterocycles. The van der Waals surface area contributed by atoms with E-state index in [1.165, 1.54) is 0 Å². The van der Waals surface area contributed by atoms with Crippen molar-refractivity contribution in [3.8, 4) is 17.2 Å². The van der Waals surface area contributed by atoms with Crippen molar-refractivity contribution in [3.63, 3.8) is 0 Å². The van der Waals surface area contributed by atoms with E-state index in [0.29, 0.717) is 24.1 Å². The molecule has 1 amide bonds. The second-order valence-electron chi connectivity index (χ2n) is 7.43. The lowest BCUT2D eigenvalue weighted by atomic mass is 10.0. The summed E-state index contributed by atoms with van der Waals surface area (Å²) in [5.74, 6) is 2.65. The van der Waals surface area contributed by atoms with E-state index in [2.05, 4.69) is 10.1 Å². The molecule has 1 aliphatic rings. The van der Waals surface area contributed by atoms with E-state index < -0.39 is 0 Å². The number of ether oxygens (including phenoxy) is 1. The number of nitrogens with zero attached hydrogens (tertiary/aromatic N) is 3. The highest BCUT2D eigenvalue weighted by Crippen LogP contribution is 2.23. The Bertz CT molecular complexity index is 955. The molecule has 1 aromatic heterocycles. The van der Waals surface area contributed by atoms with Gasteiger partial charge in [0.1, 0.15) is 5.75 Å². The lowest BCUT2D eigenvalue weighted by molar-refractivity contribution is -0.130. The molecule has 6 heteroatoms. The number of hydrogen-bond acceptors (Lipinski definition) is 5. The maximum absolute atomic E-state index is 12.6. The molecule has 1 fully saturated rings. The van der Waals surface area contributed by atoms with Gasteiger partial charge in [-0.25, -0.2) is 0 Å². The number of amides is 1. The first-order chi connectivity index (χ1) is 14.2. The summed E-state index contributed by atoms with van der Waals surface area (Å²) in [6.45, 7) is 1.55. The van der Waals surface area contributed by atoms with Crippen molar-refractivity contribution in [2.45, 2.75) is 25.7 Å². The fourth-order valence-corrected chi connectivity index (χ4v) is 3.76. The van der Waals surface area contributed by atoms with Crippen molar-refractivity contribution >= 4 is 5.91 Å². The summed E-state index contributed by atoms with van der Waals surface area (Å²) < 4.78 is 10.6. The smallest absolute Gasteiger partial charge is 0.257 e. The van der Waals surface area contributed by atoms with Crippen molar-refractivity contribution in [2.75, 3.05) is 20.2 Å². The van der Waals surface area contributed by atoms with Crippen LogP contribution in [0.4, 0.5) is 0 Å². The Morgan fingerprint density at radius 3 is 2.90 bits per heavy atom. The number of rotatable bonds is 7. The van der Waals surface area contributed by atoms with Crippen LogP contribution in [-0.4, -0.2) is 41.1 Å². The van der Waals surface area contributed by atoms with Gasteiger partial charge in [-0.3, -0.25) is 4.79 Å². The summed E-state index contributed by atoms with van der Waals surface area (Å²) in [7, 11) is 1.65. The van der Waals surface area contributed by atoms with E-state index in [0.717, 1.165) is 49.2 Å². The van der Waals surface area contributed by atoms with E-state index in [1.54, 1.807) is 7.11 Å². The zero-order valence-electron chi connectivity index (χ0n) is 16.6. The molecular formula is C23H25N3O3. The third-order valence-corrected chi connectivity index (χ3v) is 5.36. The van der Waals surface area contributed by atoms with Crippen LogP contribution in [0.15, 0.2) is 59.1 Å². The topological polar surface area (TPSA) is 68.5 Å². The van der Waals surface area contributed by atoms with Crippen molar-refractivity contribution in [2.24, 2.45) is 5.92 Å². The molecule has 0 N–H and O–H groups in total. The second kappa shape index (κ2) is 8.90. The standard InChI is InChI=1S/C23H25N3O3/c1-28-20-9-5-6-17(14-20)10-11-22(27)26-13-12-18(16-26)15-21-24-23(29-25-21)19-7-3-2-4-8-19/h2-9,14,18H,10-13,15-16H2,1H3. The molecule has 0 aliphatic carbocycles. The third kappa shape index (κ3) is 4.83. The largest absolute Gasteiger partial charge is 0.497 e. The van der Waals surface area contributed by atoms with Gasteiger partial charge in [-0.2, -0.15) is 4.98 Å². The van der Waals surface area contributed by atoms with Gasteiger partial charge in [0.25, 0.3) is 5.89 Å². The SMILES string of the molecule is COc1cccc(CCC(=O)N2CCC(Cc3noc(-c4ccccc4)n3)C2)c1. The molecule has 0 spiro atoms. The number of methoxy groups -OCH3 is 1. The Morgan fingerprint density at radius 2 is 2.07 bits per heavy atom. The van der Waals surface area contributed by atoms with Crippen molar-refractivity contribution in [1.82, 2.24) is 15.0 Å². The first kappa shape index (κ1) is 19.2. The molecule has 2 aromatic carbocycles. The lowest BCUT2D eigenvalue weighted by Gasteiger charge is -2.16. The molecule has 150 valence electrons. The molecule has 0 saturated carbocycles. The molecule has 1 unspecified atom stereocenters. The molecule has 3 aromatic rings. The quantitative estimate of drug-likeness (QED) is 0.613. The number of aryl methyl sites for hydroxylation is 1. The molecule has 1 saturated heterocycles. The minimum Gasteiger partial charge on any atom is -0.497 e. The summed E-state index contributed by atoms with van der Waals surface area (Å²) in [4.78, 5) is 19.1. The van der Waals surface area contributed by atoms with Crippen molar-refractivity contribution in [1.29, 1.82) is 0 Å². The van der Waals surface area contributed by atoms with E-state index in [1.807, 2.05) is 59.5 Å². The number of carbonyl (C=O) groups is 1. The van der Waals surface area contributed by atoms with Gasteiger partial charge >= 0.3 is 0 Å². The van der Waals surface area contributed by atoms with Crippen LogP contribution in [0.25, 0.3) is 11.5 Å². The molecular weight excluding hydrogens is 366 g/mol. The van der Waals surface area contributed by atoms with Gasteiger partial charge in [0.15, 0.2) is 5.82 Å². The predicted molar refractivity (Wildman–Crippen MR) is 109 cm³/mol. The van der Waals surface area contributed by atoms with Gasteiger partial charge in [0, 0.05) is 31.5 Å². The number of likely N-dealkylation sites (tertiary alicyclic amines) is 1. The van der Waals surface area contributed by atoms with Gasteiger partial charge in [0.2, 0.25) is 5.91 Å². The highest BCUT2D eigenvalue weighted by molar-refractivity contribution is 5.76. The summed E-state index contributed by atoms with van der Waals surface area (Å²) in [6, 6.07) is 17.7. The highest BCUT2D eigenvalue weighted by Gasteiger charge is 2.27. The van der Waals surface area contributed by atoms with Gasteiger partial charge in [-0.1, -0.05) is 35.5 Å². The van der Waals surface area contributed by atoms with Crippen LogP contribution in [0, 0.1) is 5.92 Å². The molecule has 29 heavy (non-hydrogen) atoms. The van der Waals surface area contributed by atoms with Crippen LogP contribution >= 0.6 is 0 Å². The summed E-state index contributed by atoms with van der Waals surface area (Å²) in [5, 5.41) is 4.12. The van der Waals surface area contributed by atoms with Gasteiger partial charge in [0.05, 0.1) is 7.11 Å². The Labute approximate surface area is 170 Å². The summed E-state index contributed by atoms with van der Waals surface area (Å²) >= 11 is 0. The zero-order valence-corrected chi connectivity index (χ0v) is 16.6. The summed E-state index contributed by atoms with van der Waals surface area (Å²) in [6.07, 6.45) is 2.94. The molecule has 1 atom stereocenters. The van der Waals surface area contributed by atoms with Gasteiger partial charge in [-0.05, 0) is 48.6 Å². The number of benzene rings is 2. The van der Waals surface area contributed by atoms with E-state index in [-0.39, 0.29) is 5.91 Å². The molecule has 4 rings (SSSR count). The highest BCUT2D eigenvalue weighted by atomic mass is 16.5. The lowest BCUT2D eigenvalue weighted by Crippen LogP contribution is -2.29. The number of aromatic nitrogens is 2. The van der Waals surface area contributed by atoms with E-state index >= 15 is 0 Å². The monoisotopic (exact) mass is 391 g/mol. The van der Waals surface area contributed by atoms with Crippen LogP contribution < -0.4 is 4.74 Å². The van der Waals surface area contributed by atoms with Crippen LogP contribution in [0.2, 0.25) is 0 Å². The number of carbonyl (C=O) groups excluding carboxylic acids is 1. The number of hydrogen-bond donors (Lipinski definition) is 0. The van der Waals surface area contributed by atoms with Crippen molar-refractivity contribution in [3.05, 3.63) is 66.0 Å². The minimum atomic E-state index is 0.202. The normalized spacial score (nSPS) is 16.2. The minimum absolute atomic E-state index is 0.202. The third-order valence-electron chi connectivity index (χ3n) is 5.36. The molecule has 6 nitrogen and oxygen atoms in total.